The number of rotatable bonds is 3. The minimum Gasteiger partial charge on any atom is -0.369 e. The van der Waals surface area contributed by atoms with Crippen LogP contribution in [0, 0.1) is 5.41 Å². The zero-order valence-electron chi connectivity index (χ0n) is 14.9. The Balaban J connectivity index is 1.53. The van der Waals surface area contributed by atoms with E-state index in [0.29, 0.717) is 11.0 Å². The maximum atomic E-state index is 11.5. The standard InChI is InChI=1S/C19H30N4O/c1-19(2)9-7-17(8-10-19)23-13-11-22(12-14-23)16-5-3-15(4-6-16)18(24)21-20/h3-6,17H,7-14,20H2,1-2H3,(H,21,24). The van der Waals surface area contributed by atoms with Crippen LogP contribution >= 0.6 is 0 Å². The van der Waals surface area contributed by atoms with Crippen molar-refractivity contribution >= 4 is 11.6 Å². The Morgan fingerprint density at radius 3 is 2.21 bits per heavy atom. The number of nitrogen functional groups attached to an aromatic ring is 1. The Morgan fingerprint density at radius 1 is 1.08 bits per heavy atom. The number of hydrazine groups is 1. The Bertz CT molecular complexity index is 551. The van der Waals surface area contributed by atoms with Crippen LogP contribution in [0.2, 0.25) is 0 Å². The van der Waals surface area contributed by atoms with Crippen molar-refractivity contribution in [1.29, 1.82) is 0 Å². The maximum absolute atomic E-state index is 11.5. The highest BCUT2D eigenvalue weighted by atomic mass is 16.2. The van der Waals surface area contributed by atoms with Crippen LogP contribution in [0.4, 0.5) is 5.69 Å². The fraction of sp³-hybridized carbons (Fsp3) is 0.632. The van der Waals surface area contributed by atoms with E-state index in [1.807, 2.05) is 24.3 Å². The Kier molecular flexibility index (Phi) is 5.11. The fourth-order valence-electron chi connectivity index (χ4n) is 4.00. The van der Waals surface area contributed by atoms with Crippen LogP contribution in [0.5, 0.6) is 0 Å². The second kappa shape index (κ2) is 7.11. The van der Waals surface area contributed by atoms with Crippen molar-refractivity contribution in [3.63, 3.8) is 0 Å². The molecule has 1 aromatic carbocycles. The summed E-state index contributed by atoms with van der Waals surface area (Å²) < 4.78 is 0. The van der Waals surface area contributed by atoms with E-state index in [0.717, 1.165) is 32.2 Å². The van der Waals surface area contributed by atoms with E-state index in [-0.39, 0.29) is 5.91 Å². The fourth-order valence-corrected chi connectivity index (χ4v) is 4.00. The number of nitrogens with two attached hydrogens (primary N) is 1. The molecule has 3 N–H and O–H groups in total. The van der Waals surface area contributed by atoms with Gasteiger partial charge in [-0.05, 0) is 55.4 Å². The molecule has 1 heterocycles. The minimum atomic E-state index is -0.244. The highest BCUT2D eigenvalue weighted by Gasteiger charge is 2.31. The van der Waals surface area contributed by atoms with Gasteiger partial charge in [0.1, 0.15) is 0 Å². The van der Waals surface area contributed by atoms with E-state index in [1.54, 1.807) is 0 Å². The van der Waals surface area contributed by atoms with Crippen molar-refractivity contribution in [2.24, 2.45) is 11.3 Å². The zero-order chi connectivity index (χ0) is 17.2. The molecular formula is C19H30N4O. The quantitative estimate of drug-likeness (QED) is 0.507. The molecule has 132 valence electrons. The summed E-state index contributed by atoms with van der Waals surface area (Å²) in [6, 6.07) is 8.49. The summed E-state index contributed by atoms with van der Waals surface area (Å²) in [5, 5.41) is 0. The topological polar surface area (TPSA) is 61.6 Å². The van der Waals surface area contributed by atoms with Gasteiger partial charge in [0.15, 0.2) is 0 Å². The van der Waals surface area contributed by atoms with Crippen molar-refractivity contribution in [3.8, 4) is 0 Å². The molecule has 5 nitrogen and oxygen atoms in total. The van der Waals surface area contributed by atoms with Gasteiger partial charge in [0.25, 0.3) is 5.91 Å². The molecule has 0 spiro atoms. The van der Waals surface area contributed by atoms with Gasteiger partial charge in [0, 0.05) is 43.5 Å². The third-order valence-electron chi connectivity index (χ3n) is 5.77. The van der Waals surface area contributed by atoms with Gasteiger partial charge in [-0.3, -0.25) is 15.1 Å². The number of nitrogens with one attached hydrogen (secondary N) is 1. The third kappa shape index (κ3) is 3.90. The second-order valence-corrected chi connectivity index (χ2v) is 7.94. The van der Waals surface area contributed by atoms with Crippen LogP contribution < -0.4 is 16.2 Å². The molecule has 0 atom stereocenters. The van der Waals surface area contributed by atoms with E-state index < -0.39 is 0 Å². The summed E-state index contributed by atoms with van der Waals surface area (Å²) in [5.74, 6) is 4.93. The van der Waals surface area contributed by atoms with Crippen LogP contribution in [0.25, 0.3) is 0 Å². The molecule has 1 saturated carbocycles. The lowest BCUT2D eigenvalue weighted by Gasteiger charge is -2.44. The van der Waals surface area contributed by atoms with Gasteiger partial charge in [0.05, 0.1) is 0 Å². The summed E-state index contributed by atoms with van der Waals surface area (Å²) in [4.78, 5) is 16.6. The lowest BCUT2D eigenvalue weighted by molar-refractivity contribution is 0.0953. The average molecular weight is 330 g/mol. The molecular weight excluding hydrogens is 300 g/mol. The molecule has 1 aliphatic heterocycles. The molecule has 24 heavy (non-hydrogen) atoms. The van der Waals surface area contributed by atoms with Crippen molar-refractivity contribution in [2.45, 2.75) is 45.6 Å². The van der Waals surface area contributed by atoms with Gasteiger partial charge in [0.2, 0.25) is 0 Å². The first-order valence-electron chi connectivity index (χ1n) is 9.08. The number of piperazine rings is 1. The summed E-state index contributed by atoms with van der Waals surface area (Å²) in [7, 11) is 0. The van der Waals surface area contributed by atoms with E-state index in [2.05, 4.69) is 29.1 Å². The molecule has 2 aliphatic rings. The molecule has 2 fully saturated rings. The van der Waals surface area contributed by atoms with E-state index in [1.165, 1.54) is 31.4 Å². The maximum Gasteiger partial charge on any atom is 0.265 e. The number of benzene rings is 1. The first-order chi connectivity index (χ1) is 11.5. The van der Waals surface area contributed by atoms with Crippen molar-refractivity contribution in [2.75, 3.05) is 31.1 Å². The van der Waals surface area contributed by atoms with Crippen LogP contribution in [-0.4, -0.2) is 43.0 Å². The highest BCUT2D eigenvalue weighted by Crippen LogP contribution is 2.37. The molecule has 1 saturated heterocycles. The molecule has 1 amide bonds. The lowest BCUT2D eigenvalue weighted by Crippen LogP contribution is -2.51. The molecule has 0 radical (unpaired) electrons. The molecule has 3 rings (SSSR count). The van der Waals surface area contributed by atoms with Crippen molar-refractivity contribution < 1.29 is 4.79 Å². The number of hydrogen-bond donors (Lipinski definition) is 2. The Labute approximate surface area is 145 Å². The minimum absolute atomic E-state index is 0.244. The van der Waals surface area contributed by atoms with Gasteiger partial charge in [-0.1, -0.05) is 13.8 Å². The number of carbonyl (C=O) groups is 1. The van der Waals surface area contributed by atoms with Crippen LogP contribution in [-0.2, 0) is 0 Å². The van der Waals surface area contributed by atoms with Crippen LogP contribution in [0.3, 0.4) is 0 Å². The number of carbonyl (C=O) groups excluding carboxylic acids is 1. The summed E-state index contributed by atoms with van der Waals surface area (Å²) in [5.41, 5.74) is 4.50. The van der Waals surface area contributed by atoms with Crippen molar-refractivity contribution in [1.82, 2.24) is 10.3 Å². The van der Waals surface area contributed by atoms with E-state index >= 15 is 0 Å². The first kappa shape index (κ1) is 17.2. The van der Waals surface area contributed by atoms with E-state index in [4.69, 9.17) is 5.84 Å². The predicted molar refractivity (Wildman–Crippen MR) is 97.9 cm³/mol. The third-order valence-corrected chi connectivity index (χ3v) is 5.77. The Morgan fingerprint density at radius 2 is 1.67 bits per heavy atom. The average Bonchev–Trinajstić information content (AvgIpc) is 2.61. The van der Waals surface area contributed by atoms with Gasteiger partial charge < -0.3 is 4.90 Å². The number of amides is 1. The molecule has 1 aromatic rings. The smallest absolute Gasteiger partial charge is 0.265 e. The summed E-state index contributed by atoms with van der Waals surface area (Å²) >= 11 is 0. The van der Waals surface area contributed by atoms with Gasteiger partial charge in [-0.2, -0.15) is 0 Å². The number of anilines is 1. The molecule has 0 aromatic heterocycles. The summed E-state index contributed by atoms with van der Waals surface area (Å²) in [6.45, 7) is 9.18. The largest absolute Gasteiger partial charge is 0.369 e. The molecule has 0 bridgehead atoms. The molecule has 0 unspecified atom stereocenters. The van der Waals surface area contributed by atoms with E-state index in [9.17, 15) is 4.79 Å². The second-order valence-electron chi connectivity index (χ2n) is 7.94. The van der Waals surface area contributed by atoms with Crippen LogP contribution in [0.15, 0.2) is 24.3 Å². The SMILES string of the molecule is CC1(C)CCC(N2CCN(c3ccc(C(=O)NN)cc3)CC2)CC1. The van der Waals surface area contributed by atoms with Gasteiger partial charge >= 0.3 is 0 Å². The first-order valence-corrected chi connectivity index (χ1v) is 9.08. The highest BCUT2D eigenvalue weighted by molar-refractivity contribution is 5.94. The number of hydrogen-bond acceptors (Lipinski definition) is 4. The van der Waals surface area contributed by atoms with Gasteiger partial charge in [-0.25, -0.2) is 5.84 Å². The van der Waals surface area contributed by atoms with Gasteiger partial charge in [-0.15, -0.1) is 0 Å². The normalized spacial score (nSPS) is 22.4. The molecule has 1 aliphatic carbocycles. The summed E-state index contributed by atoms with van der Waals surface area (Å²) in [6.07, 6.45) is 5.39. The van der Waals surface area contributed by atoms with Crippen molar-refractivity contribution in [3.05, 3.63) is 29.8 Å². The van der Waals surface area contributed by atoms with Crippen LogP contribution in [0.1, 0.15) is 49.9 Å². The molecule has 5 heteroatoms. The lowest BCUT2D eigenvalue weighted by atomic mass is 9.75. The monoisotopic (exact) mass is 330 g/mol. The number of nitrogens with zero attached hydrogens (tertiary/aromatic N) is 2. The Hall–Kier alpha value is -1.59. The predicted octanol–water partition coefficient (Wildman–Crippen LogP) is 2.38. The zero-order valence-corrected chi connectivity index (χ0v) is 14.9.